The van der Waals surface area contributed by atoms with E-state index in [9.17, 15) is 4.79 Å². The highest BCUT2D eigenvalue weighted by Gasteiger charge is 2.21. The van der Waals surface area contributed by atoms with Crippen LogP contribution >= 0.6 is 0 Å². The summed E-state index contributed by atoms with van der Waals surface area (Å²) < 4.78 is 0. The molecule has 2 rings (SSSR count). The van der Waals surface area contributed by atoms with Crippen LogP contribution in [0.15, 0.2) is 18.2 Å². The quantitative estimate of drug-likeness (QED) is 0.867. The van der Waals surface area contributed by atoms with Crippen LogP contribution in [0, 0.1) is 13.8 Å². The van der Waals surface area contributed by atoms with Crippen LogP contribution in [0.4, 0.5) is 0 Å². The predicted octanol–water partition coefficient (Wildman–Crippen LogP) is 3.51. The molecule has 0 aliphatic rings. The summed E-state index contributed by atoms with van der Waals surface area (Å²) in [5, 5.41) is 0. The van der Waals surface area contributed by atoms with Gasteiger partial charge in [0, 0.05) is 17.6 Å². The van der Waals surface area contributed by atoms with Crippen LogP contribution in [0.5, 0.6) is 0 Å². The molecule has 21 heavy (non-hydrogen) atoms. The van der Waals surface area contributed by atoms with Gasteiger partial charge in [-0.3, -0.25) is 4.79 Å². The highest BCUT2D eigenvalue weighted by molar-refractivity contribution is 5.97. The molecule has 0 spiro atoms. The first kappa shape index (κ1) is 15.4. The number of hydrogen-bond acceptors (Lipinski definition) is 3. The van der Waals surface area contributed by atoms with Gasteiger partial charge in [-0.1, -0.05) is 0 Å². The molecule has 1 aromatic carbocycles. The van der Waals surface area contributed by atoms with Crippen molar-refractivity contribution in [3.8, 4) is 0 Å². The third-order valence-electron chi connectivity index (χ3n) is 3.67. The van der Waals surface area contributed by atoms with Crippen LogP contribution < -0.4 is 0 Å². The van der Waals surface area contributed by atoms with Crippen LogP contribution in [0.2, 0.25) is 0 Å². The Bertz CT molecular complexity index is 669. The van der Waals surface area contributed by atoms with Gasteiger partial charge in [-0.05, 0) is 59.7 Å². The number of nitrogens with zero attached hydrogens (tertiary/aromatic N) is 3. The largest absolute Gasteiger partial charge is 0.334 e. The normalized spacial score (nSPS) is 11.4. The molecule has 0 saturated heterocycles. The highest BCUT2D eigenvalue weighted by atomic mass is 16.2. The Morgan fingerprint density at radius 3 is 2.00 bits per heavy atom. The fourth-order valence-electron chi connectivity index (χ4n) is 2.58. The summed E-state index contributed by atoms with van der Waals surface area (Å²) in [4.78, 5) is 23.6. The van der Waals surface area contributed by atoms with Crippen molar-refractivity contribution in [3.63, 3.8) is 0 Å². The molecule has 0 N–H and O–H groups in total. The molecule has 0 unspecified atom stereocenters. The first-order valence-corrected chi connectivity index (χ1v) is 7.39. The Morgan fingerprint density at radius 1 is 0.952 bits per heavy atom. The van der Waals surface area contributed by atoms with Crippen molar-refractivity contribution in [2.75, 3.05) is 0 Å². The summed E-state index contributed by atoms with van der Waals surface area (Å²) in [5.41, 5.74) is 4.10. The number of aryl methyl sites for hydroxylation is 2. The van der Waals surface area contributed by atoms with Gasteiger partial charge in [0.1, 0.15) is 0 Å². The number of amides is 1. The molecule has 0 aliphatic heterocycles. The number of carbonyl (C=O) groups excluding carboxylic acids is 1. The lowest BCUT2D eigenvalue weighted by Crippen LogP contribution is -2.42. The molecule has 0 fully saturated rings. The van der Waals surface area contributed by atoms with Gasteiger partial charge in [-0.2, -0.15) is 0 Å². The fourth-order valence-corrected chi connectivity index (χ4v) is 2.58. The number of carbonyl (C=O) groups is 1. The minimum Gasteiger partial charge on any atom is -0.334 e. The smallest absolute Gasteiger partial charge is 0.254 e. The summed E-state index contributed by atoms with van der Waals surface area (Å²) in [6.45, 7) is 12.0. The van der Waals surface area contributed by atoms with E-state index in [4.69, 9.17) is 0 Å². The van der Waals surface area contributed by atoms with Crippen molar-refractivity contribution in [1.29, 1.82) is 0 Å². The van der Waals surface area contributed by atoms with Gasteiger partial charge in [0.05, 0.1) is 22.4 Å². The zero-order chi connectivity index (χ0) is 15.7. The van der Waals surface area contributed by atoms with Crippen LogP contribution in [0.1, 0.15) is 49.4 Å². The van der Waals surface area contributed by atoms with Crippen molar-refractivity contribution in [3.05, 3.63) is 35.2 Å². The van der Waals surface area contributed by atoms with Gasteiger partial charge in [-0.15, -0.1) is 0 Å². The topological polar surface area (TPSA) is 46.1 Å². The van der Waals surface area contributed by atoms with Gasteiger partial charge >= 0.3 is 0 Å². The van der Waals surface area contributed by atoms with Crippen LogP contribution in [-0.4, -0.2) is 32.9 Å². The SMILES string of the molecule is Cc1nc2ccc(C(=O)N(C(C)C)C(C)C)cc2nc1C. The van der Waals surface area contributed by atoms with Crippen molar-refractivity contribution >= 4 is 16.9 Å². The lowest BCUT2D eigenvalue weighted by molar-refractivity contribution is 0.0644. The maximum Gasteiger partial charge on any atom is 0.254 e. The standard InChI is InChI=1S/C17H23N3O/c1-10(2)20(11(3)4)17(21)14-7-8-15-16(9-14)19-13(6)12(5)18-15/h7-11H,1-6H3. The summed E-state index contributed by atoms with van der Waals surface area (Å²) in [6.07, 6.45) is 0. The Labute approximate surface area is 126 Å². The minimum absolute atomic E-state index is 0.0435. The maximum absolute atomic E-state index is 12.7. The number of aromatic nitrogens is 2. The molecule has 2 aromatic rings. The Hall–Kier alpha value is -1.97. The molecule has 1 amide bonds. The fraction of sp³-hybridized carbons (Fsp3) is 0.471. The third kappa shape index (κ3) is 3.04. The van der Waals surface area contributed by atoms with Gasteiger partial charge in [0.2, 0.25) is 0 Å². The first-order chi connectivity index (χ1) is 9.81. The Kier molecular flexibility index (Phi) is 4.26. The zero-order valence-electron chi connectivity index (χ0n) is 13.6. The van der Waals surface area contributed by atoms with E-state index in [1.165, 1.54) is 0 Å². The van der Waals surface area contributed by atoms with E-state index >= 15 is 0 Å². The molecule has 1 aromatic heterocycles. The predicted molar refractivity (Wildman–Crippen MR) is 85.5 cm³/mol. The van der Waals surface area contributed by atoms with Crippen LogP contribution in [0.3, 0.4) is 0 Å². The van der Waals surface area contributed by atoms with E-state index in [1.54, 1.807) is 0 Å². The van der Waals surface area contributed by atoms with Crippen LogP contribution in [0.25, 0.3) is 11.0 Å². The molecule has 1 heterocycles. The second-order valence-electron chi connectivity index (χ2n) is 6.00. The van der Waals surface area contributed by atoms with Gasteiger partial charge in [0.15, 0.2) is 0 Å². The molecule has 0 bridgehead atoms. The van der Waals surface area contributed by atoms with Crippen molar-refractivity contribution in [1.82, 2.24) is 14.9 Å². The van der Waals surface area contributed by atoms with Crippen LogP contribution in [-0.2, 0) is 0 Å². The number of benzene rings is 1. The van der Waals surface area contributed by atoms with E-state index in [2.05, 4.69) is 9.97 Å². The molecule has 0 atom stereocenters. The molecule has 0 aliphatic carbocycles. The summed E-state index contributed by atoms with van der Waals surface area (Å²) in [5.74, 6) is 0.0435. The lowest BCUT2D eigenvalue weighted by Gasteiger charge is -2.30. The average molecular weight is 285 g/mol. The van der Waals surface area contributed by atoms with Gasteiger partial charge < -0.3 is 4.90 Å². The summed E-state index contributed by atoms with van der Waals surface area (Å²) >= 11 is 0. The lowest BCUT2D eigenvalue weighted by atomic mass is 10.1. The monoisotopic (exact) mass is 285 g/mol. The van der Waals surface area contributed by atoms with E-state index < -0.39 is 0 Å². The molecule has 0 saturated carbocycles. The van der Waals surface area contributed by atoms with Crippen molar-refractivity contribution in [2.45, 2.75) is 53.6 Å². The molecule has 0 radical (unpaired) electrons. The maximum atomic E-state index is 12.7. The highest BCUT2D eigenvalue weighted by Crippen LogP contribution is 2.18. The molecule has 112 valence electrons. The van der Waals surface area contributed by atoms with Gasteiger partial charge in [-0.25, -0.2) is 9.97 Å². The summed E-state index contributed by atoms with van der Waals surface area (Å²) in [6, 6.07) is 5.89. The van der Waals surface area contributed by atoms with E-state index in [0.717, 1.165) is 22.4 Å². The van der Waals surface area contributed by atoms with E-state index in [-0.39, 0.29) is 18.0 Å². The number of rotatable bonds is 3. The Morgan fingerprint density at radius 2 is 1.48 bits per heavy atom. The van der Waals surface area contributed by atoms with E-state index in [0.29, 0.717) is 5.56 Å². The molecular formula is C17H23N3O. The zero-order valence-corrected chi connectivity index (χ0v) is 13.6. The third-order valence-corrected chi connectivity index (χ3v) is 3.67. The average Bonchev–Trinajstić information content (AvgIpc) is 2.38. The molecule has 4 nitrogen and oxygen atoms in total. The number of hydrogen-bond donors (Lipinski definition) is 0. The summed E-state index contributed by atoms with van der Waals surface area (Å²) in [7, 11) is 0. The van der Waals surface area contributed by atoms with Crippen molar-refractivity contribution < 1.29 is 4.79 Å². The second kappa shape index (κ2) is 5.80. The molecule has 4 heteroatoms. The van der Waals surface area contributed by atoms with E-state index in [1.807, 2.05) is 64.6 Å². The second-order valence-corrected chi connectivity index (χ2v) is 6.00. The molecular weight excluding hydrogens is 262 g/mol. The van der Waals surface area contributed by atoms with Crippen molar-refractivity contribution in [2.24, 2.45) is 0 Å². The van der Waals surface area contributed by atoms with Gasteiger partial charge in [0.25, 0.3) is 5.91 Å². The first-order valence-electron chi connectivity index (χ1n) is 7.39. The number of fused-ring (bicyclic) bond motifs is 1. The Balaban J connectivity index is 2.47. The minimum atomic E-state index is 0.0435.